The van der Waals surface area contributed by atoms with Crippen LogP contribution >= 0.6 is 11.8 Å². The number of benzene rings is 2. The first kappa shape index (κ1) is 19.8. The fourth-order valence-corrected chi connectivity index (χ4v) is 3.31. The first-order valence-electron chi connectivity index (χ1n) is 8.73. The van der Waals surface area contributed by atoms with Gasteiger partial charge in [0.1, 0.15) is 0 Å². The van der Waals surface area contributed by atoms with Crippen molar-refractivity contribution in [2.45, 2.75) is 23.9 Å². The van der Waals surface area contributed by atoms with Crippen LogP contribution in [-0.2, 0) is 11.3 Å². The third-order valence-corrected chi connectivity index (χ3v) is 5.04. The molecule has 0 aliphatic carbocycles. The zero-order chi connectivity index (χ0) is 19.9. The Bertz CT molecular complexity index is 930. The Morgan fingerprint density at radius 1 is 1.14 bits per heavy atom. The molecule has 0 saturated heterocycles. The summed E-state index contributed by atoms with van der Waals surface area (Å²) in [5.41, 5.74) is 1.87. The molecule has 2 N–H and O–H groups in total. The summed E-state index contributed by atoms with van der Waals surface area (Å²) in [5.74, 6) is 1.87. The monoisotopic (exact) mass is 398 g/mol. The molecule has 1 amide bonds. The van der Waals surface area contributed by atoms with E-state index >= 15 is 0 Å². The van der Waals surface area contributed by atoms with Crippen LogP contribution in [0.5, 0.6) is 11.5 Å². The van der Waals surface area contributed by atoms with Gasteiger partial charge in [0.15, 0.2) is 17.3 Å². The van der Waals surface area contributed by atoms with Crippen LogP contribution < -0.4 is 14.8 Å². The summed E-state index contributed by atoms with van der Waals surface area (Å²) in [6.07, 6.45) is 0. The maximum atomic E-state index is 12.4. The lowest BCUT2D eigenvalue weighted by Crippen LogP contribution is -2.30. The minimum Gasteiger partial charge on any atom is -0.493 e. The number of nitrogens with zero attached hydrogens (tertiary/aromatic N) is 2. The van der Waals surface area contributed by atoms with E-state index in [1.807, 2.05) is 55.5 Å². The van der Waals surface area contributed by atoms with Crippen molar-refractivity contribution in [2.24, 2.45) is 0 Å². The average molecular weight is 398 g/mol. The minimum atomic E-state index is -0.334. The number of aromatic amines is 1. The molecular weight excluding hydrogens is 376 g/mol. The number of hydrogen-bond acceptors (Lipinski definition) is 6. The van der Waals surface area contributed by atoms with Crippen molar-refractivity contribution in [3.63, 3.8) is 0 Å². The molecular formula is C20H22N4O3S. The van der Waals surface area contributed by atoms with Gasteiger partial charge in [-0.15, -0.1) is 5.10 Å². The van der Waals surface area contributed by atoms with Crippen molar-refractivity contribution in [1.29, 1.82) is 0 Å². The van der Waals surface area contributed by atoms with Crippen LogP contribution in [0, 0.1) is 0 Å². The lowest BCUT2D eigenvalue weighted by molar-refractivity contribution is -0.120. The molecule has 3 rings (SSSR count). The number of rotatable bonds is 8. The molecule has 1 heterocycles. The zero-order valence-electron chi connectivity index (χ0n) is 15.9. The van der Waals surface area contributed by atoms with E-state index in [1.165, 1.54) is 11.8 Å². The highest BCUT2D eigenvalue weighted by molar-refractivity contribution is 8.00. The summed E-state index contributed by atoms with van der Waals surface area (Å²) in [5, 5.41) is 10.2. The Kier molecular flexibility index (Phi) is 6.54. The highest BCUT2D eigenvalue weighted by Crippen LogP contribution is 2.27. The number of ether oxygens (including phenoxy) is 2. The number of thioether (sulfide) groups is 1. The first-order valence-corrected chi connectivity index (χ1v) is 9.61. The van der Waals surface area contributed by atoms with Crippen LogP contribution in [-0.4, -0.2) is 40.6 Å². The van der Waals surface area contributed by atoms with Crippen molar-refractivity contribution in [2.75, 3.05) is 14.2 Å². The summed E-state index contributed by atoms with van der Waals surface area (Å²) < 4.78 is 10.5. The number of nitrogens with one attached hydrogen (secondary N) is 2. The van der Waals surface area contributed by atoms with E-state index in [2.05, 4.69) is 20.5 Å². The smallest absolute Gasteiger partial charge is 0.233 e. The molecule has 7 nitrogen and oxygen atoms in total. The number of carbonyl (C=O) groups is 1. The molecule has 0 fully saturated rings. The van der Waals surface area contributed by atoms with Gasteiger partial charge in [-0.2, -0.15) is 0 Å². The Balaban J connectivity index is 1.56. The van der Waals surface area contributed by atoms with Crippen LogP contribution in [0.3, 0.4) is 0 Å². The van der Waals surface area contributed by atoms with Gasteiger partial charge >= 0.3 is 0 Å². The van der Waals surface area contributed by atoms with Gasteiger partial charge in [0.25, 0.3) is 0 Å². The van der Waals surface area contributed by atoms with Gasteiger partial charge in [-0.05, 0) is 24.6 Å². The molecule has 8 heteroatoms. The third-order valence-electron chi connectivity index (χ3n) is 4.08. The van der Waals surface area contributed by atoms with Gasteiger partial charge in [0.05, 0.1) is 19.5 Å². The van der Waals surface area contributed by atoms with Gasteiger partial charge in [-0.25, -0.2) is 4.98 Å². The Morgan fingerprint density at radius 3 is 2.61 bits per heavy atom. The largest absolute Gasteiger partial charge is 0.493 e. The number of hydrogen-bond donors (Lipinski definition) is 2. The SMILES string of the molecule is COc1ccc(CNC(=O)[C@@H](C)Sc2n[nH]c(-c3ccccc3)n2)cc1OC. The average Bonchev–Trinajstić information content (AvgIpc) is 3.20. The number of methoxy groups -OCH3 is 2. The topological polar surface area (TPSA) is 89.1 Å². The molecule has 0 unspecified atom stereocenters. The van der Waals surface area contributed by atoms with Crippen molar-refractivity contribution < 1.29 is 14.3 Å². The molecule has 0 saturated carbocycles. The predicted octanol–water partition coefficient (Wildman–Crippen LogP) is 3.29. The second-order valence-corrected chi connectivity index (χ2v) is 7.31. The number of carbonyl (C=O) groups excluding carboxylic acids is 1. The van der Waals surface area contributed by atoms with Crippen LogP contribution in [0.1, 0.15) is 12.5 Å². The van der Waals surface area contributed by atoms with Gasteiger partial charge in [-0.1, -0.05) is 48.2 Å². The predicted molar refractivity (Wildman–Crippen MR) is 109 cm³/mol. The summed E-state index contributed by atoms with van der Waals surface area (Å²) in [4.78, 5) is 16.9. The number of H-pyrrole nitrogens is 1. The van der Waals surface area contributed by atoms with Crippen molar-refractivity contribution in [1.82, 2.24) is 20.5 Å². The molecule has 1 aromatic heterocycles. The van der Waals surface area contributed by atoms with E-state index < -0.39 is 0 Å². The quantitative estimate of drug-likeness (QED) is 0.566. The van der Waals surface area contributed by atoms with Crippen molar-refractivity contribution in [3.8, 4) is 22.9 Å². The molecule has 0 bridgehead atoms. The normalized spacial score (nSPS) is 11.7. The van der Waals surface area contributed by atoms with Gasteiger partial charge in [-0.3, -0.25) is 9.89 Å². The molecule has 3 aromatic rings. The lowest BCUT2D eigenvalue weighted by Gasteiger charge is -2.12. The summed E-state index contributed by atoms with van der Waals surface area (Å²) in [6.45, 7) is 2.22. The first-order chi connectivity index (χ1) is 13.6. The van der Waals surface area contributed by atoms with Gasteiger partial charge < -0.3 is 14.8 Å². The maximum Gasteiger partial charge on any atom is 0.233 e. The van der Waals surface area contributed by atoms with Crippen molar-refractivity contribution >= 4 is 17.7 Å². The summed E-state index contributed by atoms with van der Waals surface area (Å²) >= 11 is 1.31. The van der Waals surface area contributed by atoms with Crippen LogP contribution in [0.15, 0.2) is 53.7 Å². The van der Waals surface area contributed by atoms with Gasteiger partial charge in [0.2, 0.25) is 11.1 Å². The van der Waals surface area contributed by atoms with Crippen molar-refractivity contribution in [3.05, 3.63) is 54.1 Å². The fraction of sp³-hybridized carbons (Fsp3) is 0.250. The van der Waals surface area contributed by atoms with Crippen LogP contribution in [0.25, 0.3) is 11.4 Å². The molecule has 0 spiro atoms. The molecule has 0 radical (unpaired) electrons. The second-order valence-electron chi connectivity index (χ2n) is 6.00. The Labute approximate surface area is 167 Å². The van der Waals surface area contributed by atoms with E-state index in [-0.39, 0.29) is 11.2 Å². The Hall–Kier alpha value is -3.00. The van der Waals surface area contributed by atoms with E-state index in [9.17, 15) is 4.79 Å². The fourth-order valence-electron chi connectivity index (χ4n) is 2.56. The number of aromatic nitrogens is 3. The van der Waals surface area contributed by atoms with E-state index in [0.29, 0.717) is 29.0 Å². The Morgan fingerprint density at radius 2 is 1.89 bits per heavy atom. The highest BCUT2D eigenvalue weighted by Gasteiger charge is 2.17. The summed E-state index contributed by atoms with van der Waals surface area (Å²) in [7, 11) is 3.17. The van der Waals surface area contributed by atoms with Crippen LogP contribution in [0.2, 0.25) is 0 Å². The molecule has 1 atom stereocenters. The maximum absolute atomic E-state index is 12.4. The second kappa shape index (κ2) is 9.27. The summed E-state index contributed by atoms with van der Waals surface area (Å²) in [6, 6.07) is 15.3. The van der Waals surface area contributed by atoms with Gasteiger partial charge in [0, 0.05) is 12.1 Å². The molecule has 146 valence electrons. The molecule has 0 aliphatic rings. The highest BCUT2D eigenvalue weighted by atomic mass is 32.2. The molecule has 0 aliphatic heterocycles. The lowest BCUT2D eigenvalue weighted by atomic mass is 10.2. The number of amides is 1. The van der Waals surface area contributed by atoms with E-state index in [0.717, 1.165) is 11.1 Å². The van der Waals surface area contributed by atoms with E-state index in [4.69, 9.17) is 9.47 Å². The zero-order valence-corrected chi connectivity index (χ0v) is 16.7. The molecule has 28 heavy (non-hydrogen) atoms. The third kappa shape index (κ3) is 4.83. The minimum absolute atomic E-state index is 0.0918. The van der Waals surface area contributed by atoms with Crippen LogP contribution in [0.4, 0.5) is 0 Å². The van der Waals surface area contributed by atoms with E-state index in [1.54, 1.807) is 14.2 Å². The standard InChI is InChI=1S/C20H22N4O3S/c1-13(28-20-22-18(23-24-20)15-7-5-4-6-8-15)19(25)21-12-14-9-10-16(26-2)17(11-14)27-3/h4-11,13H,12H2,1-3H3,(H,21,25)(H,22,23,24)/t13-/m1/s1. The molecule has 2 aromatic carbocycles.